The average molecular weight is 543 g/mol. The highest BCUT2D eigenvalue weighted by molar-refractivity contribution is 6.30. The number of pyridine rings is 2. The van der Waals surface area contributed by atoms with E-state index >= 15 is 0 Å². The molecule has 3 fully saturated rings. The second kappa shape index (κ2) is 10.2. The molecule has 0 spiro atoms. The van der Waals surface area contributed by atoms with Gasteiger partial charge < -0.3 is 24.7 Å². The number of halogens is 1. The number of carbonyl (C=O) groups excluding carboxylic acids is 1. The van der Waals surface area contributed by atoms with Crippen molar-refractivity contribution < 1.29 is 9.53 Å². The quantitative estimate of drug-likeness (QED) is 0.308. The molecule has 3 aromatic heterocycles. The molecule has 8 nitrogen and oxygen atoms in total. The normalized spacial score (nSPS) is 20.7. The Balaban J connectivity index is 1.03. The van der Waals surface area contributed by atoms with E-state index in [1.807, 2.05) is 36.4 Å². The largest absolute Gasteiger partial charge is 0.379 e. The predicted octanol–water partition coefficient (Wildman–Crippen LogP) is 5.45. The lowest BCUT2D eigenvalue weighted by Crippen LogP contribution is -2.36. The number of anilines is 3. The number of benzene rings is 1. The van der Waals surface area contributed by atoms with E-state index in [0.717, 1.165) is 55.3 Å². The van der Waals surface area contributed by atoms with Gasteiger partial charge >= 0.3 is 0 Å². The summed E-state index contributed by atoms with van der Waals surface area (Å²) in [6, 6.07) is 13.9. The van der Waals surface area contributed by atoms with Crippen molar-refractivity contribution >= 4 is 40.3 Å². The number of hydrogen-bond donors (Lipinski definition) is 2. The lowest BCUT2D eigenvalue weighted by Gasteiger charge is -2.29. The van der Waals surface area contributed by atoms with Gasteiger partial charge in [-0.05, 0) is 66.5 Å². The molecule has 2 atom stereocenters. The van der Waals surface area contributed by atoms with Gasteiger partial charge in [0.05, 0.1) is 31.1 Å². The van der Waals surface area contributed by atoms with E-state index in [1.165, 1.54) is 24.1 Å². The van der Waals surface area contributed by atoms with Crippen LogP contribution in [0.1, 0.15) is 47.9 Å². The Morgan fingerprint density at radius 2 is 1.95 bits per heavy atom. The van der Waals surface area contributed by atoms with Gasteiger partial charge in [0.25, 0.3) is 0 Å². The van der Waals surface area contributed by atoms with Gasteiger partial charge in [-0.25, -0.2) is 9.97 Å². The van der Waals surface area contributed by atoms with Crippen molar-refractivity contribution in [3.63, 3.8) is 0 Å². The topological polar surface area (TPSA) is 83.8 Å². The van der Waals surface area contributed by atoms with Gasteiger partial charge in [0, 0.05) is 54.4 Å². The highest BCUT2D eigenvalue weighted by atomic mass is 35.5. The predicted molar refractivity (Wildman–Crippen MR) is 153 cm³/mol. The fourth-order valence-corrected chi connectivity index (χ4v) is 5.72. The summed E-state index contributed by atoms with van der Waals surface area (Å²) in [5.41, 5.74) is 6.52. The molecule has 2 N–H and O–H groups in total. The van der Waals surface area contributed by atoms with Crippen molar-refractivity contribution in [2.45, 2.75) is 37.6 Å². The Morgan fingerprint density at radius 1 is 1.08 bits per heavy atom. The summed E-state index contributed by atoms with van der Waals surface area (Å²) < 4.78 is 7.76. The van der Waals surface area contributed by atoms with Gasteiger partial charge in [0.1, 0.15) is 5.82 Å². The van der Waals surface area contributed by atoms with Crippen LogP contribution in [0.3, 0.4) is 0 Å². The van der Waals surface area contributed by atoms with E-state index in [9.17, 15) is 4.79 Å². The maximum atomic E-state index is 12.8. The molecule has 7 rings (SSSR count). The van der Waals surface area contributed by atoms with Crippen molar-refractivity contribution in [1.29, 1.82) is 0 Å². The number of morpholine rings is 1. The summed E-state index contributed by atoms with van der Waals surface area (Å²) in [5, 5.41) is 7.14. The molecule has 3 aliphatic rings. The second-order valence-electron chi connectivity index (χ2n) is 10.8. The van der Waals surface area contributed by atoms with Gasteiger partial charge in [-0.15, -0.1) is 0 Å². The van der Waals surface area contributed by atoms with Gasteiger partial charge in [0.2, 0.25) is 5.91 Å². The average Bonchev–Trinajstić information content (AvgIpc) is 3.88. The smallest absolute Gasteiger partial charge is 0.229 e. The maximum Gasteiger partial charge on any atom is 0.229 e. The number of ether oxygens (including phenoxy) is 1. The molecule has 2 aliphatic carbocycles. The Morgan fingerprint density at radius 3 is 2.77 bits per heavy atom. The first-order valence-corrected chi connectivity index (χ1v) is 14.1. The van der Waals surface area contributed by atoms with Crippen molar-refractivity contribution in [2.24, 2.45) is 5.92 Å². The third-order valence-corrected chi connectivity index (χ3v) is 8.13. The van der Waals surface area contributed by atoms with Crippen LogP contribution in [0.15, 0.2) is 61.1 Å². The molecule has 0 bridgehead atoms. The summed E-state index contributed by atoms with van der Waals surface area (Å²) >= 11 is 6.12. The molecule has 1 aliphatic heterocycles. The van der Waals surface area contributed by atoms with Crippen LogP contribution in [0, 0.1) is 5.92 Å². The molecular formula is C30H31ClN6O2. The number of aromatic nitrogens is 3. The summed E-state index contributed by atoms with van der Waals surface area (Å²) in [6.07, 6.45) is 9.42. The lowest BCUT2D eigenvalue weighted by molar-refractivity contribution is -0.117. The number of imidazole rings is 1. The minimum atomic E-state index is -0.0546. The molecule has 4 aromatic rings. The first kappa shape index (κ1) is 24.4. The fraction of sp³-hybridized carbons (Fsp3) is 0.367. The number of nitrogens with zero attached hydrogens (tertiary/aromatic N) is 4. The van der Waals surface area contributed by atoms with Crippen LogP contribution >= 0.6 is 11.6 Å². The Hall–Kier alpha value is -3.62. The number of fused-ring (bicyclic) bond motifs is 1. The molecule has 0 radical (unpaired) electrons. The van der Waals surface area contributed by atoms with Crippen LogP contribution in [0.2, 0.25) is 5.02 Å². The zero-order valence-electron chi connectivity index (χ0n) is 21.6. The van der Waals surface area contributed by atoms with E-state index in [1.54, 1.807) is 6.20 Å². The molecule has 4 heterocycles. The number of carbonyl (C=O) groups is 1. The number of rotatable bonds is 8. The zero-order chi connectivity index (χ0) is 26.3. The first-order valence-electron chi connectivity index (χ1n) is 13.7. The van der Waals surface area contributed by atoms with E-state index in [2.05, 4.69) is 43.4 Å². The molecule has 9 heteroatoms. The van der Waals surface area contributed by atoms with E-state index in [4.69, 9.17) is 21.3 Å². The highest BCUT2D eigenvalue weighted by Gasteiger charge is 2.44. The Kier molecular flexibility index (Phi) is 6.37. The minimum absolute atomic E-state index is 0.00733. The minimum Gasteiger partial charge on any atom is -0.379 e. The Bertz CT molecular complexity index is 1530. The van der Waals surface area contributed by atoms with Gasteiger partial charge in [0.15, 0.2) is 5.65 Å². The molecular weight excluding hydrogens is 512 g/mol. The van der Waals surface area contributed by atoms with E-state index < -0.39 is 0 Å². The fourth-order valence-electron chi connectivity index (χ4n) is 5.53. The van der Waals surface area contributed by atoms with Crippen LogP contribution in [0.25, 0.3) is 5.65 Å². The Labute approximate surface area is 232 Å². The summed E-state index contributed by atoms with van der Waals surface area (Å²) in [5.74, 6) is 1.36. The third kappa shape index (κ3) is 5.31. The van der Waals surface area contributed by atoms with Crippen LogP contribution < -0.4 is 15.5 Å². The standard InChI is InChI=1S/C30H31ClN6O2/c31-22-3-1-2-20(12-22)25-15-26(25)30(38)35-28-14-23(6-7-32-28)33-16-24-18-37-17-21(19-4-5-19)13-27(29(37)34-24)36-8-10-39-11-9-36/h1-3,6-7,12-14,17-19,25-26H,4-5,8-11,15-16H2,(H2,32,33,35,38). The third-order valence-electron chi connectivity index (χ3n) is 7.89. The van der Waals surface area contributed by atoms with Crippen LogP contribution in [-0.4, -0.2) is 46.6 Å². The SMILES string of the molecule is O=C(Nc1cc(NCc2cn3cc(C4CC4)cc(N4CCOCC4)c3n2)ccn1)C1CC1c1cccc(Cl)c1. The number of hydrogen-bond acceptors (Lipinski definition) is 6. The van der Waals surface area contributed by atoms with Crippen molar-refractivity contribution in [3.8, 4) is 0 Å². The lowest BCUT2D eigenvalue weighted by atomic mass is 10.1. The molecule has 200 valence electrons. The molecule has 1 saturated heterocycles. The van der Waals surface area contributed by atoms with Crippen LogP contribution in [0.4, 0.5) is 17.2 Å². The van der Waals surface area contributed by atoms with Gasteiger partial charge in [-0.1, -0.05) is 23.7 Å². The monoisotopic (exact) mass is 542 g/mol. The summed E-state index contributed by atoms with van der Waals surface area (Å²) in [7, 11) is 0. The molecule has 2 unspecified atom stereocenters. The molecule has 1 aromatic carbocycles. The van der Waals surface area contributed by atoms with Crippen LogP contribution in [0.5, 0.6) is 0 Å². The number of amides is 1. The summed E-state index contributed by atoms with van der Waals surface area (Å²) in [4.78, 5) is 24.6. The molecule has 1 amide bonds. The first-order chi connectivity index (χ1) is 19.1. The zero-order valence-corrected chi connectivity index (χ0v) is 22.4. The van der Waals surface area contributed by atoms with E-state index in [0.29, 0.717) is 23.3 Å². The van der Waals surface area contributed by atoms with E-state index in [-0.39, 0.29) is 17.7 Å². The highest BCUT2D eigenvalue weighted by Crippen LogP contribution is 2.48. The van der Waals surface area contributed by atoms with Crippen molar-refractivity contribution in [2.75, 3.05) is 41.8 Å². The molecule has 39 heavy (non-hydrogen) atoms. The second-order valence-corrected chi connectivity index (χ2v) is 11.2. The maximum absolute atomic E-state index is 12.8. The van der Waals surface area contributed by atoms with Crippen molar-refractivity contribution in [3.05, 3.63) is 82.9 Å². The van der Waals surface area contributed by atoms with Crippen molar-refractivity contribution in [1.82, 2.24) is 14.4 Å². The number of nitrogens with one attached hydrogen (secondary N) is 2. The molecule has 2 saturated carbocycles. The van der Waals surface area contributed by atoms with Gasteiger partial charge in [-0.3, -0.25) is 4.79 Å². The van der Waals surface area contributed by atoms with Gasteiger partial charge in [-0.2, -0.15) is 0 Å². The van der Waals surface area contributed by atoms with Crippen LogP contribution in [-0.2, 0) is 16.1 Å². The summed E-state index contributed by atoms with van der Waals surface area (Å²) in [6.45, 7) is 3.84.